The molecule has 0 bridgehead atoms. The number of anilines is 1. The van der Waals surface area contributed by atoms with Crippen molar-refractivity contribution < 1.29 is 4.79 Å². The Morgan fingerprint density at radius 2 is 1.77 bits per heavy atom. The normalized spacial score (nSPS) is 10.5. The van der Waals surface area contributed by atoms with Crippen LogP contribution < -0.4 is 5.32 Å². The lowest BCUT2D eigenvalue weighted by Crippen LogP contribution is -2.18. The topological polar surface area (TPSA) is 111 Å². The van der Waals surface area contributed by atoms with Gasteiger partial charge in [0.05, 0.1) is 0 Å². The largest absolute Gasteiger partial charge is 0.304 e. The molecule has 0 radical (unpaired) electrons. The fourth-order valence-electron chi connectivity index (χ4n) is 2.27. The zero-order valence-corrected chi connectivity index (χ0v) is 13.4. The number of hydrogen-bond acceptors (Lipinski definition) is 7. The Hall–Kier alpha value is -4.01. The van der Waals surface area contributed by atoms with Crippen molar-refractivity contribution in [1.29, 1.82) is 0 Å². The highest BCUT2D eigenvalue weighted by Gasteiger charge is 2.17. The number of nitrogens with zero attached hydrogens (tertiary/aromatic N) is 7. The summed E-state index contributed by atoms with van der Waals surface area (Å²) in [6.07, 6.45) is 6.26. The Balaban J connectivity index is 1.60. The van der Waals surface area contributed by atoms with E-state index in [2.05, 4.69) is 35.5 Å². The van der Waals surface area contributed by atoms with Gasteiger partial charge in [-0.25, -0.2) is 15.0 Å². The van der Waals surface area contributed by atoms with E-state index in [1.54, 1.807) is 48.9 Å². The summed E-state index contributed by atoms with van der Waals surface area (Å²) in [5.74, 6) is 0.927. The highest BCUT2D eigenvalue weighted by Crippen LogP contribution is 2.14. The fraction of sp³-hybridized carbons (Fsp3) is 0. The molecule has 0 spiro atoms. The summed E-state index contributed by atoms with van der Waals surface area (Å²) in [5.41, 5.74) is 0.611. The van der Waals surface area contributed by atoms with Crippen molar-refractivity contribution in [2.24, 2.45) is 0 Å². The van der Waals surface area contributed by atoms with Crippen LogP contribution in [0, 0.1) is 0 Å². The molecule has 0 aromatic carbocycles. The molecule has 4 rings (SSSR count). The standard InChI is InChI=1S/C17H12N8O/c26-17(16-24-21-11-25(16)14-6-2-4-9-19-14)23-13-7-10-20-15(22-13)12-5-1-3-8-18-12/h1-11H,(H,20,22,23,26). The molecule has 0 aliphatic rings. The van der Waals surface area contributed by atoms with Gasteiger partial charge < -0.3 is 5.32 Å². The third kappa shape index (κ3) is 3.13. The lowest BCUT2D eigenvalue weighted by atomic mass is 10.3. The van der Waals surface area contributed by atoms with E-state index >= 15 is 0 Å². The molecule has 4 aromatic rings. The van der Waals surface area contributed by atoms with Gasteiger partial charge in [0, 0.05) is 18.6 Å². The average Bonchev–Trinajstić information content (AvgIpc) is 3.20. The first-order valence-electron chi connectivity index (χ1n) is 7.68. The number of aromatic nitrogens is 7. The molecule has 0 unspecified atom stereocenters. The molecule has 1 N–H and O–H groups in total. The average molecular weight is 344 g/mol. The lowest BCUT2D eigenvalue weighted by molar-refractivity contribution is 0.101. The number of pyridine rings is 2. The quantitative estimate of drug-likeness (QED) is 0.600. The van der Waals surface area contributed by atoms with Crippen molar-refractivity contribution in [1.82, 2.24) is 34.7 Å². The lowest BCUT2D eigenvalue weighted by Gasteiger charge is -2.07. The minimum atomic E-state index is -0.459. The van der Waals surface area contributed by atoms with Gasteiger partial charge in [0.2, 0.25) is 5.82 Å². The summed E-state index contributed by atoms with van der Waals surface area (Å²) < 4.78 is 1.50. The van der Waals surface area contributed by atoms with E-state index in [1.165, 1.54) is 10.9 Å². The summed E-state index contributed by atoms with van der Waals surface area (Å²) in [5, 5.41) is 10.4. The minimum absolute atomic E-state index is 0.0988. The molecule has 9 heteroatoms. The van der Waals surface area contributed by atoms with Crippen molar-refractivity contribution in [3.63, 3.8) is 0 Å². The van der Waals surface area contributed by atoms with Crippen LogP contribution in [0.15, 0.2) is 67.4 Å². The van der Waals surface area contributed by atoms with Crippen molar-refractivity contribution >= 4 is 11.7 Å². The molecule has 0 fully saturated rings. The first kappa shape index (κ1) is 15.5. The zero-order chi connectivity index (χ0) is 17.8. The van der Waals surface area contributed by atoms with Gasteiger partial charge in [-0.3, -0.25) is 14.3 Å². The highest BCUT2D eigenvalue weighted by atomic mass is 16.2. The van der Waals surface area contributed by atoms with Crippen molar-refractivity contribution in [3.8, 4) is 17.3 Å². The summed E-state index contributed by atoms with van der Waals surface area (Å²) in [6, 6.07) is 12.4. The fourth-order valence-corrected chi connectivity index (χ4v) is 2.27. The van der Waals surface area contributed by atoms with E-state index in [0.29, 0.717) is 23.2 Å². The molecular weight excluding hydrogens is 332 g/mol. The Morgan fingerprint density at radius 3 is 2.54 bits per heavy atom. The summed E-state index contributed by atoms with van der Waals surface area (Å²) >= 11 is 0. The Morgan fingerprint density at radius 1 is 0.923 bits per heavy atom. The smallest absolute Gasteiger partial charge is 0.295 e. The van der Waals surface area contributed by atoms with Crippen LogP contribution in [0.2, 0.25) is 0 Å². The van der Waals surface area contributed by atoms with E-state index in [4.69, 9.17) is 0 Å². The second-order valence-electron chi connectivity index (χ2n) is 5.15. The third-order valence-electron chi connectivity index (χ3n) is 3.44. The van der Waals surface area contributed by atoms with Crippen LogP contribution in [0.5, 0.6) is 0 Å². The predicted octanol–water partition coefficient (Wildman–Crippen LogP) is 1.77. The van der Waals surface area contributed by atoms with Crippen molar-refractivity contribution in [2.45, 2.75) is 0 Å². The SMILES string of the molecule is O=C(Nc1ccnc(-c2ccccn2)n1)c1nncn1-c1ccccn1. The van der Waals surface area contributed by atoms with Gasteiger partial charge in [-0.05, 0) is 30.3 Å². The maximum absolute atomic E-state index is 12.6. The Labute approximate surface area is 147 Å². The molecule has 1 amide bonds. The van der Waals surface area contributed by atoms with Gasteiger partial charge in [-0.15, -0.1) is 10.2 Å². The number of nitrogens with one attached hydrogen (secondary N) is 1. The molecule has 0 aliphatic carbocycles. The first-order chi connectivity index (χ1) is 12.8. The van der Waals surface area contributed by atoms with Crippen molar-refractivity contribution in [3.05, 3.63) is 73.2 Å². The molecule has 4 heterocycles. The molecule has 126 valence electrons. The summed E-state index contributed by atoms with van der Waals surface area (Å²) in [6.45, 7) is 0. The first-order valence-corrected chi connectivity index (χ1v) is 7.68. The highest BCUT2D eigenvalue weighted by molar-refractivity contribution is 6.01. The van der Waals surface area contributed by atoms with Gasteiger partial charge >= 0.3 is 0 Å². The molecule has 0 aliphatic heterocycles. The van der Waals surface area contributed by atoms with Crippen LogP contribution in [0.3, 0.4) is 0 Å². The third-order valence-corrected chi connectivity index (χ3v) is 3.44. The van der Waals surface area contributed by atoms with Gasteiger partial charge in [-0.1, -0.05) is 12.1 Å². The van der Waals surface area contributed by atoms with E-state index in [9.17, 15) is 4.79 Å². The van der Waals surface area contributed by atoms with E-state index in [0.717, 1.165) is 0 Å². The van der Waals surface area contributed by atoms with Crippen LogP contribution in [-0.2, 0) is 0 Å². The number of rotatable bonds is 4. The molecule has 9 nitrogen and oxygen atoms in total. The van der Waals surface area contributed by atoms with Crippen molar-refractivity contribution in [2.75, 3.05) is 5.32 Å². The van der Waals surface area contributed by atoms with Gasteiger partial charge in [0.1, 0.15) is 23.7 Å². The van der Waals surface area contributed by atoms with E-state index in [-0.39, 0.29) is 5.82 Å². The maximum Gasteiger partial charge on any atom is 0.295 e. The summed E-state index contributed by atoms with van der Waals surface area (Å²) in [4.78, 5) is 29.5. The summed E-state index contributed by atoms with van der Waals surface area (Å²) in [7, 11) is 0. The molecule has 0 atom stereocenters. The number of amides is 1. The minimum Gasteiger partial charge on any atom is -0.304 e. The second-order valence-corrected chi connectivity index (χ2v) is 5.15. The zero-order valence-electron chi connectivity index (χ0n) is 13.4. The maximum atomic E-state index is 12.6. The number of carbonyl (C=O) groups excluding carboxylic acids is 1. The Kier molecular flexibility index (Phi) is 4.09. The van der Waals surface area contributed by atoms with Crippen LogP contribution in [0.1, 0.15) is 10.6 Å². The number of hydrogen-bond donors (Lipinski definition) is 1. The monoisotopic (exact) mass is 344 g/mol. The van der Waals surface area contributed by atoms with Crippen LogP contribution in [-0.4, -0.2) is 40.6 Å². The molecule has 0 saturated carbocycles. The molecular formula is C17H12N8O. The van der Waals surface area contributed by atoms with Crippen LogP contribution in [0.25, 0.3) is 17.3 Å². The van der Waals surface area contributed by atoms with Crippen LogP contribution >= 0.6 is 0 Å². The van der Waals surface area contributed by atoms with Gasteiger partial charge in [0.15, 0.2) is 5.82 Å². The molecule has 4 aromatic heterocycles. The van der Waals surface area contributed by atoms with E-state index in [1.807, 2.05) is 12.1 Å². The Bertz CT molecular complexity index is 1030. The second kappa shape index (κ2) is 6.85. The van der Waals surface area contributed by atoms with Gasteiger partial charge in [0.25, 0.3) is 5.91 Å². The number of carbonyl (C=O) groups is 1. The van der Waals surface area contributed by atoms with Gasteiger partial charge in [-0.2, -0.15) is 0 Å². The molecule has 0 saturated heterocycles. The molecule has 26 heavy (non-hydrogen) atoms. The van der Waals surface area contributed by atoms with E-state index < -0.39 is 5.91 Å². The predicted molar refractivity (Wildman–Crippen MR) is 92.4 cm³/mol. The van der Waals surface area contributed by atoms with Crippen LogP contribution in [0.4, 0.5) is 5.82 Å².